The standard InChI is InChI=1S/C21H17F3N6O2.C4H8O2/c1-11-7-9-12(10-8-11)16-26-13-5-3-4-6-14(13)30(16)17-15(25)18(32-2)28-20(27-17)29-19(31)21(22,23)24;1-3-6-4(2)5/h3-10H,25H2,1-2H3,(H,27,28,29,31);3H2,1-2H3. The van der Waals surface area contributed by atoms with Gasteiger partial charge in [-0.25, -0.2) is 4.98 Å². The molecular formula is C25H25F3N6O4. The van der Waals surface area contributed by atoms with Gasteiger partial charge in [0.1, 0.15) is 11.5 Å². The molecule has 0 radical (unpaired) electrons. The van der Waals surface area contributed by atoms with Crippen molar-refractivity contribution in [1.82, 2.24) is 19.5 Å². The molecule has 0 aliphatic carbocycles. The van der Waals surface area contributed by atoms with Gasteiger partial charge in [-0.05, 0) is 26.0 Å². The van der Waals surface area contributed by atoms with Crippen molar-refractivity contribution in [2.75, 3.05) is 24.8 Å². The lowest BCUT2D eigenvalue weighted by molar-refractivity contribution is -0.167. The van der Waals surface area contributed by atoms with Crippen LogP contribution in [0.15, 0.2) is 48.5 Å². The zero-order valence-electron chi connectivity index (χ0n) is 21.0. The zero-order chi connectivity index (χ0) is 28.0. The van der Waals surface area contributed by atoms with E-state index in [0.29, 0.717) is 23.5 Å². The minimum Gasteiger partial charge on any atom is -0.479 e. The number of hydrogen-bond acceptors (Lipinski definition) is 8. The summed E-state index contributed by atoms with van der Waals surface area (Å²) in [4.78, 5) is 33.8. The first-order valence-electron chi connectivity index (χ1n) is 11.2. The Hall–Kier alpha value is -4.68. The number of para-hydroxylation sites is 2. The molecular weight excluding hydrogens is 505 g/mol. The van der Waals surface area contributed by atoms with E-state index in [1.165, 1.54) is 14.0 Å². The number of aryl methyl sites for hydroxylation is 1. The predicted octanol–water partition coefficient (Wildman–Crippen LogP) is 4.45. The predicted molar refractivity (Wildman–Crippen MR) is 135 cm³/mol. The van der Waals surface area contributed by atoms with Crippen LogP contribution in [0.1, 0.15) is 19.4 Å². The summed E-state index contributed by atoms with van der Waals surface area (Å²) in [5.74, 6) is -2.77. The van der Waals surface area contributed by atoms with Gasteiger partial charge in [0.05, 0.1) is 24.8 Å². The molecule has 38 heavy (non-hydrogen) atoms. The first-order valence-corrected chi connectivity index (χ1v) is 11.2. The number of ether oxygens (including phenoxy) is 2. The number of nitrogens with zero attached hydrogens (tertiary/aromatic N) is 4. The molecule has 0 spiro atoms. The van der Waals surface area contributed by atoms with Gasteiger partial charge in [-0.2, -0.15) is 23.1 Å². The number of methoxy groups -OCH3 is 1. The Morgan fingerprint density at radius 1 is 1.05 bits per heavy atom. The largest absolute Gasteiger partial charge is 0.479 e. The van der Waals surface area contributed by atoms with Crippen LogP contribution in [0, 0.1) is 6.92 Å². The molecule has 3 N–H and O–H groups in total. The van der Waals surface area contributed by atoms with Crippen molar-refractivity contribution in [2.45, 2.75) is 26.9 Å². The number of rotatable bonds is 5. The van der Waals surface area contributed by atoms with E-state index >= 15 is 0 Å². The zero-order valence-corrected chi connectivity index (χ0v) is 21.0. The number of carbonyl (C=O) groups excluding carboxylic acids is 2. The van der Waals surface area contributed by atoms with Gasteiger partial charge in [0.2, 0.25) is 11.8 Å². The molecule has 10 nitrogen and oxygen atoms in total. The SMILES string of the molecule is CCOC(C)=O.COc1nc(NC(=O)C(F)(F)F)nc(-n2c(-c3ccc(C)cc3)nc3ccccc32)c1N. The quantitative estimate of drug-likeness (QED) is 0.362. The van der Waals surface area contributed by atoms with Crippen molar-refractivity contribution in [2.24, 2.45) is 0 Å². The monoisotopic (exact) mass is 530 g/mol. The number of nitrogen functional groups attached to an aromatic ring is 1. The first-order chi connectivity index (χ1) is 18.0. The molecule has 0 fully saturated rings. The smallest absolute Gasteiger partial charge is 0.471 e. The van der Waals surface area contributed by atoms with Crippen molar-refractivity contribution < 1.29 is 32.2 Å². The van der Waals surface area contributed by atoms with Gasteiger partial charge in [0, 0.05) is 12.5 Å². The molecule has 4 aromatic rings. The third kappa shape index (κ3) is 6.35. The van der Waals surface area contributed by atoms with Crippen LogP contribution in [0.2, 0.25) is 0 Å². The summed E-state index contributed by atoms with van der Waals surface area (Å²) < 4.78 is 49.4. The van der Waals surface area contributed by atoms with Crippen LogP contribution in [0.4, 0.5) is 24.8 Å². The van der Waals surface area contributed by atoms with E-state index in [4.69, 9.17) is 10.5 Å². The molecule has 0 aliphatic heterocycles. The Morgan fingerprint density at radius 2 is 1.71 bits per heavy atom. The summed E-state index contributed by atoms with van der Waals surface area (Å²) in [5.41, 5.74) is 9.14. The molecule has 0 atom stereocenters. The Kier molecular flexibility index (Phi) is 8.50. The number of anilines is 2. The molecule has 13 heteroatoms. The lowest BCUT2D eigenvalue weighted by Gasteiger charge is -2.15. The van der Waals surface area contributed by atoms with E-state index in [1.807, 2.05) is 31.2 Å². The van der Waals surface area contributed by atoms with Crippen molar-refractivity contribution in [3.05, 3.63) is 54.1 Å². The first kappa shape index (κ1) is 27.9. The summed E-state index contributed by atoms with van der Waals surface area (Å²) in [7, 11) is 1.25. The highest BCUT2D eigenvalue weighted by atomic mass is 19.4. The summed E-state index contributed by atoms with van der Waals surface area (Å²) in [6, 6.07) is 14.6. The number of nitrogens with one attached hydrogen (secondary N) is 1. The highest BCUT2D eigenvalue weighted by molar-refractivity contribution is 5.94. The van der Waals surface area contributed by atoms with Crippen LogP contribution < -0.4 is 15.8 Å². The molecule has 0 saturated carbocycles. The van der Waals surface area contributed by atoms with Crippen LogP contribution in [-0.2, 0) is 14.3 Å². The Balaban J connectivity index is 0.000000599. The van der Waals surface area contributed by atoms with Gasteiger partial charge < -0.3 is 15.2 Å². The van der Waals surface area contributed by atoms with Crippen LogP contribution in [0.25, 0.3) is 28.2 Å². The number of alkyl halides is 3. The topological polar surface area (TPSA) is 134 Å². The van der Waals surface area contributed by atoms with E-state index in [9.17, 15) is 22.8 Å². The maximum atomic E-state index is 12.8. The number of nitrogens with two attached hydrogens (primary N) is 1. The maximum Gasteiger partial charge on any atom is 0.471 e. The van der Waals surface area contributed by atoms with E-state index in [0.717, 1.165) is 11.1 Å². The molecule has 0 aliphatic rings. The molecule has 4 rings (SSSR count). The fraction of sp³-hybridized carbons (Fsp3) is 0.240. The summed E-state index contributed by atoms with van der Waals surface area (Å²) in [6.07, 6.45) is -5.12. The lowest BCUT2D eigenvalue weighted by atomic mass is 10.1. The maximum absolute atomic E-state index is 12.8. The minimum atomic E-state index is -5.12. The van der Waals surface area contributed by atoms with Crippen LogP contribution >= 0.6 is 0 Å². The van der Waals surface area contributed by atoms with Crippen molar-refractivity contribution in [3.8, 4) is 23.1 Å². The second-order valence-corrected chi connectivity index (χ2v) is 7.80. The van der Waals surface area contributed by atoms with E-state index in [2.05, 4.69) is 19.7 Å². The van der Waals surface area contributed by atoms with Crippen molar-refractivity contribution in [3.63, 3.8) is 0 Å². The van der Waals surface area contributed by atoms with Crippen LogP contribution in [0.5, 0.6) is 5.88 Å². The number of fused-ring (bicyclic) bond motifs is 1. The Bertz CT molecular complexity index is 1450. The number of hydrogen-bond donors (Lipinski definition) is 2. The molecule has 0 bridgehead atoms. The van der Waals surface area contributed by atoms with Crippen molar-refractivity contribution in [1.29, 1.82) is 0 Å². The van der Waals surface area contributed by atoms with Gasteiger partial charge >= 0.3 is 18.1 Å². The van der Waals surface area contributed by atoms with Crippen LogP contribution in [0.3, 0.4) is 0 Å². The molecule has 1 amide bonds. The minimum absolute atomic E-state index is 0.0126. The third-order valence-corrected chi connectivity index (χ3v) is 5.00. The van der Waals surface area contributed by atoms with E-state index in [1.54, 1.807) is 41.1 Å². The summed E-state index contributed by atoms with van der Waals surface area (Å²) >= 11 is 0. The van der Waals surface area contributed by atoms with Gasteiger partial charge in [-0.3, -0.25) is 19.5 Å². The van der Waals surface area contributed by atoms with Gasteiger partial charge in [-0.15, -0.1) is 0 Å². The van der Waals surface area contributed by atoms with E-state index in [-0.39, 0.29) is 23.4 Å². The number of esters is 1. The highest BCUT2D eigenvalue weighted by Gasteiger charge is 2.39. The summed E-state index contributed by atoms with van der Waals surface area (Å²) in [5, 5.41) is 1.65. The average Bonchev–Trinajstić information content (AvgIpc) is 3.24. The number of imidazole rings is 1. The van der Waals surface area contributed by atoms with Gasteiger partial charge in [-0.1, -0.05) is 42.0 Å². The van der Waals surface area contributed by atoms with Gasteiger partial charge in [0.15, 0.2) is 5.82 Å². The fourth-order valence-electron chi connectivity index (χ4n) is 3.33. The molecule has 2 aromatic carbocycles. The Labute approximate surface area is 215 Å². The molecule has 2 heterocycles. The normalized spacial score (nSPS) is 10.9. The van der Waals surface area contributed by atoms with Crippen molar-refractivity contribution >= 4 is 34.5 Å². The second-order valence-electron chi connectivity index (χ2n) is 7.80. The second kappa shape index (κ2) is 11.6. The fourth-order valence-corrected chi connectivity index (χ4v) is 3.33. The van der Waals surface area contributed by atoms with Crippen LogP contribution in [-0.4, -0.2) is 51.3 Å². The number of amides is 1. The number of aromatic nitrogens is 4. The van der Waals surface area contributed by atoms with Gasteiger partial charge in [0.25, 0.3) is 0 Å². The number of halogens is 3. The third-order valence-electron chi connectivity index (χ3n) is 5.00. The lowest BCUT2D eigenvalue weighted by Crippen LogP contribution is -2.31. The highest BCUT2D eigenvalue weighted by Crippen LogP contribution is 2.34. The molecule has 0 unspecified atom stereocenters. The van der Waals surface area contributed by atoms with E-state index < -0.39 is 18.0 Å². The molecule has 2 aromatic heterocycles. The molecule has 200 valence electrons. The molecule has 0 saturated heterocycles. The number of carbonyl (C=O) groups is 2. The summed E-state index contributed by atoms with van der Waals surface area (Å²) in [6.45, 7) is 5.59. The Morgan fingerprint density at radius 3 is 2.26 bits per heavy atom. The average molecular weight is 531 g/mol. The number of benzene rings is 2.